The maximum absolute atomic E-state index is 12.3. The van der Waals surface area contributed by atoms with Crippen LogP contribution < -0.4 is 15.7 Å². The third kappa shape index (κ3) is 6.07. The Morgan fingerprint density at radius 3 is 2.27 bits per heavy atom. The van der Waals surface area contributed by atoms with Gasteiger partial charge in [-0.25, -0.2) is 0 Å². The van der Waals surface area contributed by atoms with Gasteiger partial charge in [0, 0.05) is 29.5 Å². The summed E-state index contributed by atoms with van der Waals surface area (Å²) in [6.45, 7) is -0.111. The smallest absolute Gasteiger partial charge is 0.267 e. The molecule has 0 bridgehead atoms. The number of halogens is 1. The molecule has 0 unspecified atom stereocenters. The van der Waals surface area contributed by atoms with Crippen LogP contribution in [-0.2, 0) is 9.59 Å². The molecule has 0 aliphatic carbocycles. The van der Waals surface area contributed by atoms with E-state index in [0.29, 0.717) is 16.1 Å². The molecule has 26 heavy (non-hydrogen) atoms. The van der Waals surface area contributed by atoms with Crippen LogP contribution in [0.2, 0.25) is 5.02 Å². The highest BCUT2D eigenvalue weighted by molar-refractivity contribution is 6.30. The summed E-state index contributed by atoms with van der Waals surface area (Å²) in [5.41, 5.74) is 1.02. The van der Waals surface area contributed by atoms with Crippen LogP contribution in [-0.4, -0.2) is 24.3 Å². The van der Waals surface area contributed by atoms with E-state index in [9.17, 15) is 19.5 Å². The summed E-state index contributed by atoms with van der Waals surface area (Å²) in [5, 5.41) is 16.0. The number of hydrogen-bond donors (Lipinski definition) is 2. The molecule has 0 aliphatic rings. The molecule has 2 aromatic rings. The molecule has 2 rings (SSSR count). The van der Waals surface area contributed by atoms with Crippen molar-refractivity contribution in [3.05, 3.63) is 76.4 Å². The molecular formula is C19H16ClN2O4-. The summed E-state index contributed by atoms with van der Waals surface area (Å²) in [5.74, 6) is -2.34. The average Bonchev–Trinajstić information content (AvgIpc) is 2.63. The Hall–Kier alpha value is -3.12. The number of carbonyl (C=O) groups is 3. The standard InChI is InChI=1S/C19H17ClN2O4/c20-15-8-6-13(7-9-15)12-16(19(26)21-11-10-17(23)24)22-18(25)14-4-2-1-3-5-14/h1-9,12H,10-11H2,(H,21,26)(H,22,25)(H,23,24)/p-1/b16-12+. The Labute approximate surface area is 155 Å². The first kappa shape index (κ1) is 19.2. The highest BCUT2D eigenvalue weighted by Gasteiger charge is 2.14. The van der Waals surface area contributed by atoms with Gasteiger partial charge in [0.1, 0.15) is 5.70 Å². The van der Waals surface area contributed by atoms with Gasteiger partial charge >= 0.3 is 0 Å². The first-order valence-electron chi connectivity index (χ1n) is 7.77. The number of aliphatic carboxylic acids is 1. The lowest BCUT2D eigenvalue weighted by Crippen LogP contribution is -2.37. The molecule has 2 N–H and O–H groups in total. The largest absolute Gasteiger partial charge is 0.550 e. The van der Waals surface area contributed by atoms with Gasteiger partial charge in [-0.2, -0.15) is 0 Å². The first-order chi connectivity index (χ1) is 12.5. The predicted molar refractivity (Wildman–Crippen MR) is 96.0 cm³/mol. The minimum Gasteiger partial charge on any atom is -0.550 e. The lowest BCUT2D eigenvalue weighted by atomic mass is 10.1. The van der Waals surface area contributed by atoms with Gasteiger partial charge in [-0.05, 0) is 35.9 Å². The minimum absolute atomic E-state index is 0.0143. The zero-order valence-electron chi connectivity index (χ0n) is 13.7. The van der Waals surface area contributed by atoms with Gasteiger partial charge in [0.15, 0.2) is 0 Å². The van der Waals surface area contributed by atoms with E-state index < -0.39 is 17.8 Å². The van der Waals surface area contributed by atoms with Crippen molar-refractivity contribution in [1.29, 1.82) is 0 Å². The summed E-state index contributed by atoms with van der Waals surface area (Å²) < 4.78 is 0. The molecule has 134 valence electrons. The zero-order chi connectivity index (χ0) is 18.9. The molecule has 2 aromatic carbocycles. The van der Waals surface area contributed by atoms with E-state index in [1.165, 1.54) is 6.08 Å². The van der Waals surface area contributed by atoms with Crippen LogP contribution in [0.4, 0.5) is 0 Å². The molecule has 0 fully saturated rings. The fourth-order valence-corrected chi connectivity index (χ4v) is 2.17. The lowest BCUT2D eigenvalue weighted by molar-refractivity contribution is -0.305. The summed E-state index contributed by atoms with van der Waals surface area (Å²) in [6, 6.07) is 15.1. The summed E-state index contributed by atoms with van der Waals surface area (Å²) in [7, 11) is 0. The summed E-state index contributed by atoms with van der Waals surface area (Å²) in [4.78, 5) is 35.1. The van der Waals surface area contributed by atoms with Gasteiger partial charge in [0.05, 0.1) is 0 Å². The van der Waals surface area contributed by atoms with Gasteiger partial charge in [-0.1, -0.05) is 41.9 Å². The van der Waals surface area contributed by atoms with Gasteiger partial charge in [-0.3, -0.25) is 9.59 Å². The number of rotatable bonds is 7. The Kier molecular flexibility index (Phi) is 6.93. The van der Waals surface area contributed by atoms with Crippen molar-refractivity contribution in [3.8, 4) is 0 Å². The monoisotopic (exact) mass is 371 g/mol. The van der Waals surface area contributed by atoms with Crippen LogP contribution in [0.5, 0.6) is 0 Å². The normalized spacial score (nSPS) is 10.9. The van der Waals surface area contributed by atoms with Gasteiger partial charge in [0.25, 0.3) is 11.8 Å². The minimum atomic E-state index is -1.28. The fraction of sp³-hybridized carbons (Fsp3) is 0.105. The van der Waals surface area contributed by atoms with Crippen molar-refractivity contribution in [2.24, 2.45) is 0 Å². The summed E-state index contributed by atoms with van der Waals surface area (Å²) >= 11 is 5.84. The number of hydrogen-bond acceptors (Lipinski definition) is 4. The van der Waals surface area contributed by atoms with Crippen LogP contribution in [0.25, 0.3) is 6.08 Å². The maximum atomic E-state index is 12.3. The van der Waals surface area contributed by atoms with E-state index in [-0.39, 0.29) is 18.7 Å². The third-order valence-electron chi connectivity index (χ3n) is 3.32. The van der Waals surface area contributed by atoms with Gasteiger partial charge in [-0.15, -0.1) is 0 Å². The second-order valence-electron chi connectivity index (χ2n) is 5.31. The molecule has 0 aromatic heterocycles. The predicted octanol–water partition coefficient (Wildman–Crippen LogP) is 1.37. The van der Waals surface area contributed by atoms with Gasteiger partial charge < -0.3 is 20.5 Å². The van der Waals surface area contributed by atoms with Crippen molar-refractivity contribution in [1.82, 2.24) is 10.6 Å². The Balaban J connectivity index is 2.20. The number of amides is 2. The van der Waals surface area contributed by atoms with Crippen LogP contribution in [0, 0.1) is 0 Å². The number of carboxylic acid groups (broad SMARTS) is 1. The highest BCUT2D eigenvalue weighted by atomic mass is 35.5. The van der Waals surface area contributed by atoms with E-state index in [0.717, 1.165) is 0 Å². The highest BCUT2D eigenvalue weighted by Crippen LogP contribution is 2.12. The number of carbonyl (C=O) groups excluding carboxylic acids is 3. The van der Waals surface area contributed by atoms with Crippen LogP contribution in [0.15, 0.2) is 60.3 Å². The molecule has 2 amide bonds. The van der Waals surface area contributed by atoms with Crippen LogP contribution in [0.1, 0.15) is 22.3 Å². The molecule has 0 spiro atoms. The van der Waals surface area contributed by atoms with Crippen molar-refractivity contribution >= 4 is 35.5 Å². The lowest BCUT2D eigenvalue weighted by Gasteiger charge is -2.11. The van der Waals surface area contributed by atoms with Crippen molar-refractivity contribution in [2.75, 3.05) is 6.54 Å². The number of carboxylic acids is 1. The van der Waals surface area contributed by atoms with E-state index in [1.54, 1.807) is 54.6 Å². The number of benzene rings is 2. The molecule has 6 nitrogen and oxygen atoms in total. The zero-order valence-corrected chi connectivity index (χ0v) is 14.5. The van der Waals surface area contributed by atoms with Crippen LogP contribution in [0.3, 0.4) is 0 Å². The Morgan fingerprint density at radius 1 is 1.00 bits per heavy atom. The van der Waals surface area contributed by atoms with E-state index >= 15 is 0 Å². The van der Waals surface area contributed by atoms with E-state index in [2.05, 4.69) is 10.6 Å². The van der Waals surface area contributed by atoms with Crippen molar-refractivity contribution in [2.45, 2.75) is 6.42 Å². The second-order valence-corrected chi connectivity index (χ2v) is 5.74. The quantitative estimate of drug-likeness (QED) is 0.718. The topological polar surface area (TPSA) is 98.3 Å². The molecule has 0 saturated heterocycles. The molecule has 0 radical (unpaired) electrons. The molecule has 0 aliphatic heterocycles. The fourth-order valence-electron chi connectivity index (χ4n) is 2.04. The van der Waals surface area contributed by atoms with Gasteiger partial charge in [0.2, 0.25) is 0 Å². The number of nitrogens with one attached hydrogen (secondary N) is 2. The second kappa shape index (κ2) is 9.39. The van der Waals surface area contributed by atoms with Crippen LogP contribution >= 0.6 is 11.6 Å². The summed E-state index contributed by atoms with van der Waals surface area (Å²) in [6.07, 6.45) is 1.15. The van der Waals surface area contributed by atoms with Crippen molar-refractivity contribution in [3.63, 3.8) is 0 Å². The SMILES string of the molecule is O=C([O-])CCNC(=O)/C(=C\c1ccc(Cl)cc1)NC(=O)c1ccccc1. The molecule has 0 atom stereocenters. The molecule has 0 saturated carbocycles. The Bertz CT molecular complexity index is 817. The molecule has 7 heteroatoms. The van der Waals surface area contributed by atoms with E-state index in [4.69, 9.17) is 11.6 Å². The first-order valence-corrected chi connectivity index (χ1v) is 8.15. The maximum Gasteiger partial charge on any atom is 0.267 e. The third-order valence-corrected chi connectivity index (χ3v) is 3.58. The van der Waals surface area contributed by atoms with Crippen molar-refractivity contribution < 1.29 is 19.5 Å². The Morgan fingerprint density at radius 2 is 1.65 bits per heavy atom. The average molecular weight is 372 g/mol. The van der Waals surface area contributed by atoms with E-state index in [1.807, 2.05) is 0 Å². The molecular weight excluding hydrogens is 356 g/mol. The molecule has 0 heterocycles.